The molecule has 0 bridgehead atoms. The molecule has 1 aromatic heterocycles. The molecule has 1 aliphatic carbocycles. The number of aliphatic hydroxyl groups is 1. The summed E-state index contributed by atoms with van der Waals surface area (Å²) >= 11 is 0. The molecule has 2 N–H and O–H groups in total. The minimum Gasteiger partial charge on any atom is -0.476 e. The lowest BCUT2D eigenvalue weighted by atomic mass is 9.80. The molecule has 1 heterocycles. The first kappa shape index (κ1) is 11.8. The minimum absolute atomic E-state index is 0.0792. The van der Waals surface area contributed by atoms with Gasteiger partial charge in [-0.1, -0.05) is 0 Å². The van der Waals surface area contributed by atoms with Crippen molar-refractivity contribution in [1.82, 2.24) is 9.97 Å². The summed E-state index contributed by atoms with van der Waals surface area (Å²) in [6.45, 7) is 0.494. The molecule has 0 atom stereocenters. The van der Waals surface area contributed by atoms with Crippen LogP contribution in [-0.2, 0) is 0 Å². The lowest BCUT2D eigenvalue weighted by molar-refractivity contribution is -0.0248. The van der Waals surface area contributed by atoms with Crippen LogP contribution in [0.3, 0.4) is 0 Å². The van der Waals surface area contributed by atoms with E-state index < -0.39 is 11.6 Å². The highest BCUT2D eigenvalue weighted by atomic mass is 16.4. The van der Waals surface area contributed by atoms with Crippen molar-refractivity contribution in [3.05, 3.63) is 18.1 Å². The molecule has 0 aliphatic heterocycles. The van der Waals surface area contributed by atoms with Gasteiger partial charge in [-0.25, -0.2) is 14.8 Å². The summed E-state index contributed by atoms with van der Waals surface area (Å²) in [4.78, 5) is 20.2. The van der Waals surface area contributed by atoms with Gasteiger partial charge in [0.25, 0.3) is 0 Å². The fourth-order valence-electron chi connectivity index (χ4n) is 1.89. The van der Waals surface area contributed by atoms with Gasteiger partial charge in [0.2, 0.25) is 0 Å². The average Bonchev–Trinajstić information content (AvgIpc) is 2.27. The van der Waals surface area contributed by atoms with E-state index >= 15 is 0 Å². The Morgan fingerprint density at radius 1 is 1.47 bits per heavy atom. The molecule has 6 nitrogen and oxygen atoms in total. The number of aromatic nitrogens is 2. The van der Waals surface area contributed by atoms with Crippen LogP contribution in [0.5, 0.6) is 0 Å². The molecule has 17 heavy (non-hydrogen) atoms. The number of carboxylic acids is 1. The zero-order valence-electron chi connectivity index (χ0n) is 9.63. The smallest absolute Gasteiger partial charge is 0.356 e. The molecule has 1 aliphatic rings. The molecule has 0 spiro atoms. The summed E-state index contributed by atoms with van der Waals surface area (Å²) in [7, 11) is 1.81. The molecule has 0 unspecified atom stereocenters. The highest BCUT2D eigenvalue weighted by Crippen LogP contribution is 2.32. The van der Waals surface area contributed by atoms with Crippen LogP contribution in [0.25, 0.3) is 0 Å². The first-order chi connectivity index (χ1) is 8.00. The van der Waals surface area contributed by atoms with E-state index in [0.29, 0.717) is 12.4 Å². The first-order valence-electron chi connectivity index (χ1n) is 5.49. The van der Waals surface area contributed by atoms with E-state index in [1.54, 1.807) is 11.9 Å². The van der Waals surface area contributed by atoms with Crippen LogP contribution in [0.2, 0.25) is 0 Å². The van der Waals surface area contributed by atoms with Crippen LogP contribution >= 0.6 is 0 Å². The van der Waals surface area contributed by atoms with Gasteiger partial charge in [0.15, 0.2) is 5.69 Å². The van der Waals surface area contributed by atoms with Crippen molar-refractivity contribution in [2.45, 2.75) is 24.9 Å². The molecular weight excluding hydrogens is 222 g/mol. The molecule has 6 heteroatoms. The van der Waals surface area contributed by atoms with E-state index in [-0.39, 0.29) is 5.69 Å². The maximum Gasteiger partial charge on any atom is 0.356 e. The van der Waals surface area contributed by atoms with E-state index in [1.165, 1.54) is 12.4 Å². The highest BCUT2D eigenvalue weighted by Gasteiger charge is 2.35. The maximum atomic E-state index is 10.6. The van der Waals surface area contributed by atoms with Gasteiger partial charge in [0.05, 0.1) is 18.0 Å². The zero-order valence-corrected chi connectivity index (χ0v) is 9.63. The highest BCUT2D eigenvalue weighted by molar-refractivity contribution is 5.84. The number of likely N-dealkylation sites (N-methyl/N-ethyl adjacent to an activating group) is 1. The van der Waals surface area contributed by atoms with Crippen molar-refractivity contribution in [2.24, 2.45) is 0 Å². The molecular formula is C11H15N3O3. The van der Waals surface area contributed by atoms with Gasteiger partial charge in [-0.15, -0.1) is 0 Å². The second-order valence-electron chi connectivity index (χ2n) is 4.50. The molecule has 1 saturated carbocycles. The van der Waals surface area contributed by atoms with Crippen molar-refractivity contribution in [2.75, 3.05) is 18.5 Å². The monoisotopic (exact) mass is 237 g/mol. The van der Waals surface area contributed by atoms with Crippen molar-refractivity contribution in [1.29, 1.82) is 0 Å². The number of hydrogen-bond donors (Lipinski definition) is 2. The second-order valence-corrected chi connectivity index (χ2v) is 4.50. The first-order valence-corrected chi connectivity index (χ1v) is 5.49. The van der Waals surface area contributed by atoms with Crippen molar-refractivity contribution >= 4 is 11.8 Å². The Bertz CT molecular complexity index is 414. The molecule has 0 radical (unpaired) electrons. The maximum absolute atomic E-state index is 10.6. The van der Waals surface area contributed by atoms with Crippen molar-refractivity contribution in [3.63, 3.8) is 0 Å². The quantitative estimate of drug-likeness (QED) is 0.794. The molecule has 1 fully saturated rings. The second kappa shape index (κ2) is 4.29. The Hall–Kier alpha value is -1.69. The van der Waals surface area contributed by atoms with E-state index in [0.717, 1.165) is 19.3 Å². The van der Waals surface area contributed by atoms with Gasteiger partial charge in [-0.05, 0) is 19.3 Å². The third-order valence-electron chi connectivity index (χ3n) is 3.06. The molecule has 0 aromatic carbocycles. The summed E-state index contributed by atoms with van der Waals surface area (Å²) in [5, 5.41) is 18.7. The van der Waals surface area contributed by atoms with Crippen molar-refractivity contribution < 1.29 is 15.0 Å². The Balaban J connectivity index is 2.03. The van der Waals surface area contributed by atoms with E-state index in [4.69, 9.17) is 5.11 Å². The number of carboxylic acid groups (broad SMARTS) is 1. The van der Waals surface area contributed by atoms with Crippen LogP contribution in [-0.4, -0.2) is 45.3 Å². The van der Waals surface area contributed by atoms with Crippen molar-refractivity contribution in [3.8, 4) is 0 Å². The van der Waals surface area contributed by atoms with Gasteiger partial charge in [-0.2, -0.15) is 0 Å². The molecule has 0 saturated heterocycles. The van der Waals surface area contributed by atoms with E-state index in [2.05, 4.69) is 9.97 Å². The van der Waals surface area contributed by atoms with E-state index in [1.807, 2.05) is 0 Å². The fourth-order valence-corrected chi connectivity index (χ4v) is 1.89. The Kier molecular flexibility index (Phi) is 2.97. The Morgan fingerprint density at radius 2 is 2.18 bits per heavy atom. The lowest BCUT2D eigenvalue weighted by Gasteiger charge is -2.39. The standard InChI is InChI=1S/C11H15N3O3/c1-14(7-11(17)3-2-4-11)9-6-12-8(5-13-9)10(15)16/h5-6,17H,2-4,7H2,1H3,(H,15,16). The third kappa shape index (κ3) is 2.52. The van der Waals surface area contributed by atoms with Gasteiger partial charge in [0.1, 0.15) is 5.82 Å². The van der Waals surface area contributed by atoms with Crippen LogP contribution in [0.1, 0.15) is 29.8 Å². The minimum atomic E-state index is -1.09. The number of rotatable bonds is 4. The number of hydrogen-bond acceptors (Lipinski definition) is 5. The normalized spacial score (nSPS) is 17.3. The lowest BCUT2D eigenvalue weighted by Crippen LogP contribution is -2.47. The third-order valence-corrected chi connectivity index (χ3v) is 3.06. The van der Waals surface area contributed by atoms with Crippen LogP contribution < -0.4 is 4.90 Å². The zero-order chi connectivity index (χ0) is 12.5. The van der Waals surface area contributed by atoms with Crippen LogP contribution in [0, 0.1) is 0 Å². The predicted octanol–water partition coefficient (Wildman–Crippen LogP) is 0.526. The van der Waals surface area contributed by atoms with E-state index in [9.17, 15) is 9.90 Å². The summed E-state index contributed by atoms with van der Waals surface area (Å²) < 4.78 is 0. The largest absolute Gasteiger partial charge is 0.476 e. The Labute approximate surface area is 98.9 Å². The molecule has 2 rings (SSSR count). The SMILES string of the molecule is CN(CC1(O)CCC1)c1cnc(C(=O)O)cn1. The number of carbonyl (C=O) groups is 1. The predicted molar refractivity (Wildman–Crippen MR) is 61.1 cm³/mol. The molecule has 0 amide bonds. The fraction of sp³-hybridized carbons (Fsp3) is 0.545. The topological polar surface area (TPSA) is 86.5 Å². The van der Waals surface area contributed by atoms with Gasteiger partial charge >= 0.3 is 5.97 Å². The summed E-state index contributed by atoms with van der Waals surface area (Å²) in [5.41, 5.74) is -0.702. The van der Waals surface area contributed by atoms with Gasteiger partial charge in [0, 0.05) is 13.6 Å². The Morgan fingerprint density at radius 3 is 2.59 bits per heavy atom. The average molecular weight is 237 g/mol. The number of anilines is 1. The molecule has 1 aromatic rings. The number of aromatic carboxylic acids is 1. The summed E-state index contributed by atoms with van der Waals surface area (Å²) in [6, 6.07) is 0. The van der Waals surface area contributed by atoms with Gasteiger partial charge in [-0.3, -0.25) is 0 Å². The number of nitrogens with zero attached hydrogens (tertiary/aromatic N) is 3. The van der Waals surface area contributed by atoms with Crippen LogP contribution in [0.15, 0.2) is 12.4 Å². The summed E-state index contributed by atoms with van der Waals surface area (Å²) in [6.07, 6.45) is 5.29. The van der Waals surface area contributed by atoms with Crippen LogP contribution in [0.4, 0.5) is 5.82 Å². The van der Waals surface area contributed by atoms with Gasteiger partial charge < -0.3 is 15.1 Å². The molecule has 92 valence electrons. The summed E-state index contributed by atoms with van der Waals surface area (Å²) in [5.74, 6) is -0.528.